The van der Waals surface area contributed by atoms with E-state index < -0.39 is 42.2 Å². The number of hydrogen-bond acceptors (Lipinski definition) is 7. The fraction of sp³-hybridized carbons (Fsp3) is 0.476. The molecule has 1 saturated carbocycles. The Labute approximate surface area is 184 Å². The van der Waals surface area contributed by atoms with Crippen LogP contribution in [0.25, 0.3) is 11.2 Å². The number of benzene rings is 1. The van der Waals surface area contributed by atoms with Crippen molar-refractivity contribution in [2.45, 2.75) is 50.3 Å². The third-order valence-corrected chi connectivity index (χ3v) is 5.67. The normalized spacial score (nSPS) is 29.1. The molecule has 5 rings (SSSR count). The van der Waals surface area contributed by atoms with Crippen molar-refractivity contribution in [1.82, 2.24) is 19.5 Å². The van der Waals surface area contributed by atoms with Gasteiger partial charge in [0.15, 0.2) is 17.3 Å². The van der Waals surface area contributed by atoms with Crippen LogP contribution < -0.4 is 10.6 Å². The first kappa shape index (κ1) is 18.6. The summed E-state index contributed by atoms with van der Waals surface area (Å²) in [5.41, 5.74) is -0.0860. The summed E-state index contributed by atoms with van der Waals surface area (Å²) in [7, 11) is 0. The topological polar surface area (TPSA) is 97.1 Å². The van der Waals surface area contributed by atoms with Crippen molar-refractivity contribution in [1.29, 1.82) is 0 Å². The molecule has 8 nitrogen and oxygen atoms in total. The van der Waals surface area contributed by atoms with Crippen LogP contribution in [-0.4, -0.2) is 50.0 Å². The molecule has 2 aromatic heterocycles. The third-order valence-electron chi connectivity index (χ3n) is 5.67. The van der Waals surface area contributed by atoms with Crippen molar-refractivity contribution < 1.29 is 25.8 Å². The van der Waals surface area contributed by atoms with E-state index in [1.165, 1.54) is 10.8 Å². The van der Waals surface area contributed by atoms with E-state index in [9.17, 15) is 18.3 Å². The van der Waals surface area contributed by atoms with Crippen molar-refractivity contribution in [3.8, 4) is 0 Å². The summed E-state index contributed by atoms with van der Waals surface area (Å²) in [6.07, 6.45) is 3.11. The second-order valence-electron chi connectivity index (χ2n) is 7.92. The van der Waals surface area contributed by atoms with Crippen molar-refractivity contribution in [3.63, 3.8) is 0 Å². The molecule has 0 radical (unpaired) electrons. The van der Waals surface area contributed by atoms with Gasteiger partial charge in [-0.25, -0.2) is 23.1 Å². The Kier molecular flexibility index (Phi) is 4.98. The second kappa shape index (κ2) is 8.55. The zero-order chi connectivity index (χ0) is 24.0. The molecule has 3 aromatic rings. The largest absolute Gasteiger partial charge is 0.393 e. The van der Waals surface area contributed by atoms with Gasteiger partial charge < -0.3 is 20.5 Å². The summed E-state index contributed by atoms with van der Waals surface area (Å²) in [6.45, 7) is -1.13. The number of nitrogens with zero attached hydrogens (tertiary/aromatic N) is 4. The average Bonchev–Trinajstić information content (AvgIpc) is 3.30. The monoisotopic (exact) mass is 450 g/mol. The van der Waals surface area contributed by atoms with Crippen molar-refractivity contribution in [2.24, 2.45) is 0 Å². The van der Waals surface area contributed by atoms with E-state index in [2.05, 4.69) is 25.6 Å². The average molecular weight is 450 g/mol. The van der Waals surface area contributed by atoms with E-state index in [0.29, 0.717) is 30.9 Å². The lowest BCUT2D eigenvalue weighted by Crippen LogP contribution is -2.29. The molecule has 2 aliphatic rings. The maximum atomic E-state index is 14.3. The minimum absolute atomic E-state index is 0.00217. The van der Waals surface area contributed by atoms with Gasteiger partial charge in [0.05, 0.1) is 26.3 Å². The van der Waals surface area contributed by atoms with Gasteiger partial charge in [-0.05, 0) is 32.1 Å². The van der Waals surface area contributed by atoms with Gasteiger partial charge in [0.2, 0.25) is 11.9 Å². The number of halogens is 3. The molecule has 1 aliphatic carbocycles. The first-order valence-electron chi connectivity index (χ1n) is 11.5. The fourth-order valence-corrected chi connectivity index (χ4v) is 4.04. The van der Waals surface area contributed by atoms with Gasteiger partial charge in [0.25, 0.3) is 0 Å². The van der Waals surface area contributed by atoms with Gasteiger partial charge in [-0.15, -0.1) is 0 Å². The first-order valence-corrected chi connectivity index (χ1v) is 10.4. The number of aromatic nitrogens is 4. The molecular formula is C21H23F3N6O2. The molecule has 1 aliphatic heterocycles. The van der Waals surface area contributed by atoms with Crippen molar-refractivity contribution in [2.75, 3.05) is 23.8 Å². The minimum Gasteiger partial charge on any atom is -0.393 e. The number of ether oxygens (including phenoxy) is 1. The van der Waals surface area contributed by atoms with Crippen LogP contribution in [0.1, 0.15) is 40.9 Å². The number of fused-ring (bicyclic) bond motifs is 1. The minimum atomic E-state index is -1.16. The molecule has 170 valence electrons. The molecule has 1 saturated heterocycles. The van der Waals surface area contributed by atoms with Crippen LogP contribution in [0.5, 0.6) is 0 Å². The summed E-state index contributed by atoms with van der Waals surface area (Å²) in [6, 6.07) is 0.285. The maximum absolute atomic E-state index is 14.3. The predicted octanol–water partition coefficient (Wildman–Crippen LogP) is 3.66. The molecule has 2 fully saturated rings. The fourth-order valence-electron chi connectivity index (χ4n) is 4.04. The van der Waals surface area contributed by atoms with Crippen LogP contribution in [0.15, 0.2) is 18.3 Å². The number of imidazole rings is 1. The number of hydrogen-bond donors (Lipinski definition) is 3. The number of aliphatic hydroxyl groups excluding tert-OH is 1. The van der Waals surface area contributed by atoms with E-state index in [4.69, 9.17) is 7.48 Å². The molecule has 0 bridgehead atoms. The summed E-state index contributed by atoms with van der Waals surface area (Å²) in [4.78, 5) is 13.2. The Hall–Kier alpha value is -2.92. The van der Waals surface area contributed by atoms with Crippen LogP contribution in [0.3, 0.4) is 0 Å². The Morgan fingerprint density at radius 3 is 2.56 bits per heavy atom. The lowest BCUT2D eigenvalue weighted by molar-refractivity contribution is 0.126. The van der Waals surface area contributed by atoms with Crippen LogP contribution in [0.4, 0.5) is 30.8 Å². The highest BCUT2D eigenvalue weighted by atomic mass is 19.1. The second-order valence-corrected chi connectivity index (χ2v) is 7.92. The summed E-state index contributed by atoms with van der Waals surface area (Å²) in [5.74, 6) is -3.15. The van der Waals surface area contributed by atoms with E-state index in [-0.39, 0.29) is 35.9 Å². The predicted molar refractivity (Wildman–Crippen MR) is 111 cm³/mol. The van der Waals surface area contributed by atoms with Crippen LogP contribution in [-0.2, 0) is 4.74 Å². The van der Waals surface area contributed by atoms with Gasteiger partial charge in [-0.3, -0.25) is 4.57 Å². The number of rotatable bonds is 5. The Morgan fingerprint density at radius 1 is 1.12 bits per heavy atom. The molecular weight excluding hydrogens is 425 g/mol. The first-order chi connectivity index (χ1) is 16.3. The highest BCUT2D eigenvalue weighted by molar-refractivity contribution is 5.76. The highest BCUT2D eigenvalue weighted by Gasteiger charge is 2.27. The van der Waals surface area contributed by atoms with Gasteiger partial charge in [-0.1, -0.05) is 0 Å². The molecule has 32 heavy (non-hydrogen) atoms. The summed E-state index contributed by atoms with van der Waals surface area (Å²) < 4.78 is 65.3. The van der Waals surface area contributed by atoms with E-state index in [0.717, 1.165) is 12.8 Å². The molecule has 0 amide bonds. The Balaban J connectivity index is 1.56. The number of nitrogens with one attached hydrogen (secondary N) is 2. The Bertz CT molecular complexity index is 1170. The Morgan fingerprint density at radius 2 is 1.88 bits per heavy atom. The molecule has 3 heterocycles. The van der Waals surface area contributed by atoms with Crippen molar-refractivity contribution >= 4 is 28.7 Å². The molecule has 0 spiro atoms. The standard InChI is InChI=1S/C21H23F3N6O2/c22-11-7-15(23)18(16(24)8-11)28-21-27-17-9-25-20(26-12-1-3-14(31)4-2-12)29-19(17)30(21)13-5-6-32-10-13/h7-9,12-14,31H,1-6,10H2,(H,27,28)(H,25,26,29)/i5D,10D. The summed E-state index contributed by atoms with van der Waals surface area (Å²) in [5, 5.41) is 15.5. The zero-order valence-corrected chi connectivity index (χ0v) is 16.9. The van der Waals surface area contributed by atoms with Gasteiger partial charge >= 0.3 is 0 Å². The SMILES string of the molecule is [2H]C1COC([2H])C1n1c(Nc2c(F)cc(F)cc2F)nc2cnc(NC3CCC(O)CC3)nc21. The smallest absolute Gasteiger partial charge is 0.224 e. The number of aliphatic hydroxyl groups is 1. The molecule has 3 atom stereocenters. The summed E-state index contributed by atoms with van der Waals surface area (Å²) >= 11 is 0. The molecule has 3 unspecified atom stereocenters. The lowest BCUT2D eigenvalue weighted by atomic mass is 9.93. The maximum Gasteiger partial charge on any atom is 0.224 e. The molecule has 1 aromatic carbocycles. The van der Waals surface area contributed by atoms with Gasteiger partial charge in [0.1, 0.15) is 17.0 Å². The van der Waals surface area contributed by atoms with E-state index in [1.54, 1.807) is 0 Å². The quantitative estimate of drug-likeness (QED) is 0.546. The zero-order valence-electron chi connectivity index (χ0n) is 18.9. The third kappa shape index (κ3) is 4.09. The number of anilines is 3. The van der Waals surface area contributed by atoms with Gasteiger partial charge in [-0.2, -0.15) is 4.98 Å². The van der Waals surface area contributed by atoms with Crippen LogP contribution in [0.2, 0.25) is 0 Å². The molecule has 11 heteroatoms. The van der Waals surface area contributed by atoms with E-state index in [1.807, 2.05) is 0 Å². The van der Waals surface area contributed by atoms with Crippen molar-refractivity contribution in [3.05, 3.63) is 35.8 Å². The van der Waals surface area contributed by atoms with Gasteiger partial charge in [0, 0.05) is 26.2 Å². The molecule has 3 N–H and O–H groups in total. The highest BCUT2D eigenvalue weighted by Crippen LogP contribution is 2.32. The van der Waals surface area contributed by atoms with E-state index >= 15 is 0 Å². The van der Waals surface area contributed by atoms with Crippen LogP contribution in [0, 0.1) is 17.5 Å². The van der Waals surface area contributed by atoms with Crippen LogP contribution >= 0.6 is 0 Å². The lowest BCUT2D eigenvalue weighted by Gasteiger charge is -2.26.